The van der Waals surface area contributed by atoms with E-state index in [0.29, 0.717) is 6.54 Å². The molecular weight excluding hydrogens is 176 g/mol. The number of hydrogen-bond acceptors (Lipinski definition) is 4. The molecule has 0 fully saturated rings. The van der Waals surface area contributed by atoms with E-state index < -0.39 is 5.97 Å². The van der Waals surface area contributed by atoms with Crippen LogP contribution >= 0.6 is 11.3 Å². The Kier molecular flexibility index (Phi) is 3.19. The molecule has 0 bridgehead atoms. The lowest BCUT2D eigenvalue weighted by atomic mass is 10.4. The molecular formula is C7H10N2O2S. The maximum atomic E-state index is 10.1. The van der Waals surface area contributed by atoms with Gasteiger partial charge >= 0.3 is 5.97 Å². The summed E-state index contributed by atoms with van der Waals surface area (Å²) in [6.07, 6.45) is 0. The van der Waals surface area contributed by atoms with Crippen LogP contribution in [0.4, 0.5) is 0 Å². The van der Waals surface area contributed by atoms with Gasteiger partial charge in [-0.1, -0.05) is 0 Å². The van der Waals surface area contributed by atoms with Crippen LogP contribution in [-0.2, 0) is 11.3 Å². The Balaban J connectivity index is 2.33. The summed E-state index contributed by atoms with van der Waals surface area (Å²) in [5, 5.41) is 11.1. The summed E-state index contributed by atoms with van der Waals surface area (Å²) in [7, 11) is 0. The highest BCUT2D eigenvalue weighted by Gasteiger charge is 2.01. The Morgan fingerprint density at radius 1 is 1.83 bits per heavy atom. The first-order valence-corrected chi connectivity index (χ1v) is 4.39. The highest BCUT2D eigenvalue weighted by atomic mass is 32.1. The molecule has 1 aromatic rings. The number of carbonyl (C=O) groups is 1. The van der Waals surface area contributed by atoms with Crippen molar-refractivity contribution in [1.29, 1.82) is 0 Å². The van der Waals surface area contributed by atoms with E-state index in [-0.39, 0.29) is 6.54 Å². The second-order valence-electron chi connectivity index (χ2n) is 2.36. The van der Waals surface area contributed by atoms with Crippen molar-refractivity contribution < 1.29 is 9.90 Å². The van der Waals surface area contributed by atoms with Gasteiger partial charge in [-0.25, -0.2) is 4.98 Å². The number of rotatable bonds is 4. The first kappa shape index (κ1) is 9.15. The molecule has 5 heteroatoms. The predicted octanol–water partition coefficient (Wildman–Crippen LogP) is 0.626. The van der Waals surface area contributed by atoms with Gasteiger partial charge in [0.25, 0.3) is 0 Å². The number of aliphatic carboxylic acids is 1. The molecule has 1 aromatic heterocycles. The fourth-order valence-corrected chi connectivity index (χ4v) is 1.53. The predicted molar refractivity (Wildman–Crippen MR) is 46.2 cm³/mol. The Hall–Kier alpha value is -0.940. The van der Waals surface area contributed by atoms with Gasteiger partial charge in [-0.05, 0) is 6.92 Å². The van der Waals surface area contributed by atoms with Crippen LogP contribution in [0.1, 0.15) is 10.6 Å². The smallest absolute Gasteiger partial charge is 0.317 e. The van der Waals surface area contributed by atoms with Crippen LogP contribution in [0.5, 0.6) is 0 Å². The largest absolute Gasteiger partial charge is 0.480 e. The summed E-state index contributed by atoms with van der Waals surface area (Å²) in [4.78, 5) is 15.3. The van der Waals surface area contributed by atoms with E-state index >= 15 is 0 Å². The van der Waals surface area contributed by atoms with Crippen LogP contribution in [0.3, 0.4) is 0 Å². The van der Waals surface area contributed by atoms with Gasteiger partial charge in [-0.15, -0.1) is 11.3 Å². The van der Waals surface area contributed by atoms with Crippen LogP contribution in [0.2, 0.25) is 0 Å². The van der Waals surface area contributed by atoms with E-state index in [1.807, 2.05) is 6.92 Å². The number of carboxylic acid groups (broad SMARTS) is 1. The molecule has 0 atom stereocenters. The lowest BCUT2D eigenvalue weighted by Crippen LogP contribution is -2.21. The molecule has 0 amide bonds. The van der Waals surface area contributed by atoms with Crippen molar-refractivity contribution in [3.05, 3.63) is 16.1 Å². The summed E-state index contributed by atoms with van der Waals surface area (Å²) in [5.41, 5.74) is 2.73. The standard InChI is InChI=1S/C7H10N2O2S/c1-5-6(12-4-9-5)2-8-3-7(10)11/h4,8H,2-3H2,1H3,(H,10,11). The van der Waals surface area contributed by atoms with Gasteiger partial charge in [-0.2, -0.15) is 0 Å². The lowest BCUT2D eigenvalue weighted by Gasteiger charge is -1.98. The van der Waals surface area contributed by atoms with E-state index in [1.165, 1.54) is 11.3 Å². The van der Waals surface area contributed by atoms with E-state index in [9.17, 15) is 4.79 Å². The van der Waals surface area contributed by atoms with Crippen LogP contribution in [0.25, 0.3) is 0 Å². The van der Waals surface area contributed by atoms with Crippen molar-refractivity contribution in [1.82, 2.24) is 10.3 Å². The van der Waals surface area contributed by atoms with Crippen molar-refractivity contribution in [2.24, 2.45) is 0 Å². The fraction of sp³-hybridized carbons (Fsp3) is 0.429. The summed E-state index contributed by atoms with van der Waals surface area (Å²) in [6, 6.07) is 0. The SMILES string of the molecule is Cc1ncsc1CNCC(=O)O. The first-order valence-electron chi connectivity index (χ1n) is 3.51. The van der Waals surface area contributed by atoms with Gasteiger partial charge in [0, 0.05) is 11.4 Å². The molecule has 0 aliphatic rings. The Bertz CT molecular complexity index is 272. The van der Waals surface area contributed by atoms with Crippen molar-refractivity contribution >= 4 is 17.3 Å². The molecule has 1 rings (SSSR count). The Morgan fingerprint density at radius 2 is 2.58 bits per heavy atom. The number of hydrogen-bond donors (Lipinski definition) is 2. The molecule has 66 valence electrons. The minimum Gasteiger partial charge on any atom is -0.480 e. The minimum atomic E-state index is -0.836. The molecule has 0 aromatic carbocycles. The van der Waals surface area contributed by atoms with E-state index in [1.54, 1.807) is 5.51 Å². The average Bonchev–Trinajstić information content (AvgIpc) is 2.36. The second kappa shape index (κ2) is 4.18. The van der Waals surface area contributed by atoms with Gasteiger partial charge in [0.15, 0.2) is 0 Å². The molecule has 0 saturated heterocycles. The normalized spacial score (nSPS) is 10.1. The van der Waals surface area contributed by atoms with Crippen LogP contribution < -0.4 is 5.32 Å². The third-order valence-electron chi connectivity index (χ3n) is 1.41. The van der Waals surface area contributed by atoms with Crippen molar-refractivity contribution in [2.75, 3.05) is 6.54 Å². The number of carboxylic acids is 1. The molecule has 0 saturated carbocycles. The van der Waals surface area contributed by atoms with Gasteiger partial charge in [0.05, 0.1) is 17.7 Å². The van der Waals surface area contributed by atoms with Crippen molar-refractivity contribution in [2.45, 2.75) is 13.5 Å². The molecule has 12 heavy (non-hydrogen) atoms. The van der Waals surface area contributed by atoms with Gasteiger partial charge in [0.1, 0.15) is 0 Å². The maximum absolute atomic E-state index is 10.1. The third-order valence-corrected chi connectivity index (χ3v) is 2.34. The summed E-state index contributed by atoms with van der Waals surface area (Å²) < 4.78 is 0. The molecule has 0 unspecified atom stereocenters. The minimum absolute atomic E-state index is 0.00264. The monoisotopic (exact) mass is 186 g/mol. The van der Waals surface area contributed by atoms with Crippen LogP contribution in [-0.4, -0.2) is 22.6 Å². The number of nitrogens with one attached hydrogen (secondary N) is 1. The molecule has 0 radical (unpaired) electrons. The molecule has 2 N–H and O–H groups in total. The highest BCUT2D eigenvalue weighted by molar-refractivity contribution is 7.09. The highest BCUT2D eigenvalue weighted by Crippen LogP contribution is 2.10. The molecule has 0 aliphatic carbocycles. The van der Waals surface area contributed by atoms with Gasteiger partial charge < -0.3 is 10.4 Å². The number of aromatic nitrogens is 1. The summed E-state index contributed by atoms with van der Waals surface area (Å²) in [5.74, 6) is -0.836. The number of thiazole rings is 1. The van der Waals surface area contributed by atoms with Crippen LogP contribution in [0.15, 0.2) is 5.51 Å². The van der Waals surface area contributed by atoms with Gasteiger partial charge in [-0.3, -0.25) is 4.79 Å². The first-order chi connectivity index (χ1) is 5.70. The lowest BCUT2D eigenvalue weighted by molar-refractivity contribution is -0.135. The van der Waals surface area contributed by atoms with Crippen molar-refractivity contribution in [3.63, 3.8) is 0 Å². The third kappa shape index (κ3) is 2.60. The zero-order valence-corrected chi connectivity index (χ0v) is 7.52. The Morgan fingerprint density at radius 3 is 3.08 bits per heavy atom. The molecule has 0 spiro atoms. The zero-order chi connectivity index (χ0) is 8.97. The maximum Gasteiger partial charge on any atom is 0.317 e. The molecule has 0 aliphatic heterocycles. The second-order valence-corrected chi connectivity index (χ2v) is 3.30. The number of aryl methyl sites for hydroxylation is 1. The Labute approximate surface area is 74.3 Å². The van der Waals surface area contributed by atoms with Crippen molar-refractivity contribution in [3.8, 4) is 0 Å². The summed E-state index contributed by atoms with van der Waals surface area (Å²) in [6.45, 7) is 2.49. The fourth-order valence-electron chi connectivity index (χ4n) is 0.779. The number of nitrogens with zero attached hydrogens (tertiary/aromatic N) is 1. The quantitative estimate of drug-likeness (QED) is 0.723. The van der Waals surface area contributed by atoms with Gasteiger partial charge in [0.2, 0.25) is 0 Å². The zero-order valence-electron chi connectivity index (χ0n) is 6.70. The molecule has 4 nitrogen and oxygen atoms in total. The average molecular weight is 186 g/mol. The molecule has 1 heterocycles. The van der Waals surface area contributed by atoms with E-state index in [4.69, 9.17) is 5.11 Å². The summed E-state index contributed by atoms with van der Waals surface area (Å²) >= 11 is 1.53. The van der Waals surface area contributed by atoms with Crippen LogP contribution in [0, 0.1) is 6.92 Å². The topological polar surface area (TPSA) is 62.2 Å². The van der Waals surface area contributed by atoms with E-state index in [2.05, 4.69) is 10.3 Å². The van der Waals surface area contributed by atoms with E-state index in [0.717, 1.165) is 10.6 Å².